The maximum atomic E-state index is 15.7. The number of aryl methyl sites for hydroxylation is 1. The summed E-state index contributed by atoms with van der Waals surface area (Å²) in [5.74, 6) is 0.829. The van der Waals surface area contributed by atoms with Gasteiger partial charge in [-0.1, -0.05) is 6.07 Å². The fraction of sp³-hybridized carbons (Fsp3) is 0.517. The Bertz CT molecular complexity index is 1330. The zero-order valence-electron chi connectivity index (χ0n) is 23.4. The molecule has 11 heteroatoms. The van der Waals surface area contributed by atoms with Crippen molar-refractivity contribution < 1.29 is 28.1 Å². The Kier molecular flexibility index (Phi) is 8.23. The largest absolute Gasteiger partial charge is 0.470 e. The van der Waals surface area contributed by atoms with Gasteiger partial charge in [-0.05, 0) is 70.7 Å². The average molecular weight is 571 g/mol. The minimum atomic E-state index is -1.36. The van der Waals surface area contributed by atoms with Gasteiger partial charge in [0.1, 0.15) is 17.5 Å². The first-order chi connectivity index (χ1) is 19.1. The van der Waals surface area contributed by atoms with Crippen LogP contribution < -0.4 is 9.47 Å². The van der Waals surface area contributed by atoms with Gasteiger partial charge in [0.2, 0.25) is 5.88 Å². The van der Waals surface area contributed by atoms with Crippen LogP contribution >= 0.6 is 11.3 Å². The van der Waals surface area contributed by atoms with Crippen LogP contribution in [0.3, 0.4) is 0 Å². The van der Waals surface area contributed by atoms with Crippen molar-refractivity contribution in [1.29, 1.82) is 0 Å². The molecule has 0 N–H and O–H groups in total. The van der Waals surface area contributed by atoms with E-state index >= 15 is 4.39 Å². The van der Waals surface area contributed by atoms with Crippen LogP contribution in [0.4, 0.5) is 9.18 Å². The van der Waals surface area contributed by atoms with Gasteiger partial charge in [0, 0.05) is 37.4 Å². The predicted octanol–water partition coefficient (Wildman–Crippen LogP) is 6.21. The van der Waals surface area contributed by atoms with Crippen LogP contribution in [0.5, 0.6) is 11.6 Å². The number of carbonyl (C=O) groups excluding carboxylic acids is 1. The third-order valence-corrected chi connectivity index (χ3v) is 7.99. The summed E-state index contributed by atoms with van der Waals surface area (Å²) in [6.07, 6.45) is 1.89. The minimum Gasteiger partial charge on any atom is -0.470 e. The first-order valence-electron chi connectivity index (χ1n) is 13.5. The van der Waals surface area contributed by atoms with Crippen molar-refractivity contribution in [1.82, 2.24) is 20.1 Å². The van der Waals surface area contributed by atoms with Crippen molar-refractivity contribution >= 4 is 17.4 Å². The molecule has 40 heavy (non-hydrogen) atoms. The number of rotatable bonds is 7. The third-order valence-electron chi connectivity index (χ3n) is 7.03. The normalized spacial score (nSPS) is 22.6. The number of halogens is 1. The van der Waals surface area contributed by atoms with Crippen molar-refractivity contribution in [3.05, 3.63) is 41.5 Å². The van der Waals surface area contributed by atoms with Crippen LogP contribution in [0.25, 0.3) is 21.7 Å². The summed E-state index contributed by atoms with van der Waals surface area (Å²) in [6, 6.07) is 8.58. The van der Waals surface area contributed by atoms with Gasteiger partial charge < -0.3 is 18.9 Å². The van der Waals surface area contributed by atoms with E-state index in [1.54, 1.807) is 35.5 Å². The fourth-order valence-electron chi connectivity index (χ4n) is 5.32. The van der Waals surface area contributed by atoms with Crippen LogP contribution in [-0.2, 0) is 9.47 Å². The van der Waals surface area contributed by atoms with Crippen LogP contribution in [0.1, 0.15) is 51.5 Å². The Morgan fingerprint density at radius 1 is 1.18 bits per heavy atom. The van der Waals surface area contributed by atoms with E-state index in [4.69, 9.17) is 18.9 Å². The standard InChI is InChI=1S/C29H35FN4O5S/c1-17-31-15-25(40-17)18-9-10-20(23(13-18)37-16-36-5)21-11-12-26(33-32-21)38-24-14-19-7-6-8-22(27(24)30)34(19)28(35)39-29(2,3)4/h9-13,15,19,22,24,27H,6-8,14,16H2,1-5H3/t19-,22+,24-,27+/m0/s1. The van der Waals surface area contributed by atoms with Crippen molar-refractivity contribution in [2.24, 2.45) is 0 Å². The Hall–Kier alpha value is -3.31. The van der Waals surface area contributed by atoms with Gasteiger partial charge in [-0.2, -0.15) is 0 Å². The lowest BCUT2D eigenvalue weighted by molar-refractivity contribution is -0.0802. The number of ether oxygens (including phenoxy) is 4. The number of piperidine rings is 2. The van der Waals surface area contributed by atoms with E-state index in [-0.39, 0.29) is 18.7 Å². The van der Waals surface area contributed by atoms with Gasteiger partial charge in [-0.25, -0.2) is 14.2 Å². The molecule has 0 spiro atoms. The fourth-order valence-corrected chi connectivity index (χ4v) is 6.09. The molecule has 2 bridgehead atoms. The molecular formula is C29H35FN4O5S. The zero-order chi connectivity index (χ0) is 28.4. The molecule has 4 heterocycles. The zero-order valence-corrected chi connectivity index (χ0v) is 24.2. The summed E-state index contributed by atoms with van der Waals surface area (Å²) < 4.78 is 38.2. The second-order valence-electron chi connectivity index (χ2n) is 11.1. The van der Waals surface area contributed by atoms with E-state index < -0.39 is 30.0 Å². The second-order valence-corrected chi connectivity index (χ2v) is 12.4. The van der Waals surface area contributed by atoms with Crippen molar-refractivity contribution in [2.75, 3.05) is 13.9 Å². The van der Waals surface area contributed by atoms with Crippen LogP contribution in [0.2, 0.25) is 0 Å². The maximum absolute atomic E-state index is 15.7. The molecule has 2 saturated heterocycles. The molecule has 0 saturated carbocycles. The molecule has 214 valence electrons. The molecule has 0 radical (unpaired) electrons. The summed E-state index contributed by atoms with van der Waals surface area (Å²) in [6.45, 7) is 7.49. The summed E-state index contributed by atoms with van der Waals surface area (Å²) >= 11 is 1.60. The number of alkyl halides is 1. The van der Waals surface area contributed by atoms with E-state index in [2.05, 4.69) is 15.2 Å². The second kappa shape index (κ2) is 11.7. The van der Waals surface area contributed by atoms with E-state index in [1.165, 1.54) is 0 Å². The first-order valence-corrected chi connectivity index (χ1v) is 14.3. The summed E-state index contributed by atoms with van der Waals surface area (Å²) in [5, 5.41) is 9.59. The summed E-state index contributed by atoms with van der Waals surface area (Å²) in [5.41, 5.74) is 1.66. The number of nitrogens with zero attached hydrogens (tertiary/aromatic N) is 4. The molecule has 4 atom stereocenters. The maximum Gasteiger partial charge on any atom is 0.410 e. The molecule has 0 unspecified atom stereocenters. The highest BCUT2D eigenvalue weighted by Gasteiger charge is 2.49. The third kappa shape index (κ3) is 6.20. The lowest BCUT2D eigenvalue weighted by Crippen LogP contribution is -2.63. The molecule has 2 aromatic heterocycles. The number of aromatic nitrogens is 3. The number of amides is 1. The van der Waals surface area contributed by atoms with Crippen molar-refractivity contribution in [3.8, 4) is 33.3 Å². The summed E-state index contributed by atoms with van der Waals surface area (Å²) in [4.78, 5) is 19.8. The van der Waals surface area contributed by atoms with E-state index in [0.717, 1.165) is 33.9 Å². The minimum absolute atomic E-state index is 0.0784. The molecule has 5 rings (SSSR count). The van der Waals surface area contributed by atoms with E-state index in [0.29, 0.717) is 24.3 Å². The molecule has 3 aromatic rings. The molecule has 2 aliphatic heterocycles. The van der Waals surface area contributed by atoms with E-state index in [9.17, 15) is 4.79 Å². The Labute approximate surface area is 237 Å². The summed E-state index contributed by atoms with van der Waals surface area (Å²) in [7, 11) is 1.56. The van der Waals surface area contributed by atoms with Gasteiger partial charge in [0.15, 0.2) is 13.0 Å². The van der Waals surface area contributed by atoms with Gasteiger partial charge in [-0.15, -0.1) is 21.5 Å². The Balaban J connectivity index is 1.31. The topological polar surface area (TPSA) is 95.9 Å². The predicted molar refractivity (Wildman–Crippen MR) is 149 cm³/mol. The molecule has 9 nitrogen and oxygen atoms in total. The van der Waals surface area contributed by atoms with Gasteiger partial charge in [0.05, 0.1) is 21.6 Å². The Morgan fingerprint density at radius 3 is 2.67 bits per heavy atom. The van der Waals surface area contributed by atoms with Crippen LogP contribution in [0.15, 0.2) is 36.5 Å². The number of thiazole rings is 1. The van der Waals surface area contributed by atoms with Crippen LogP contribution in [-0.4, -0.2) is 70.0 Å². The average Bonchev–Trinajstić information content (AvgIpc) is 3.36. The number of fused-ring (bicyclic) bond motifs is 2. The lowest BCUT2D eigenvalue weighted by atomic mass is 9.82. The number of hydrogen-bond donors (Lipinski definition) is 0. The van der Waals surface area contributed by atoms with Gasteiger partial charge in [-0.3, -0.25) is 4.90 Å². The molecule has 2 aliphatic rings. The highest BCUT2D eigenvalue weighted by Crippen LogP contribution is 2.39. The quantitative estimate of drug-likeness (QED) is 0.310. The SMILES string of the molecule is COCOc1cc(-c2cnc(C)s2)ccc1-c1ccc(O[C@H]2C[C@@H]3CCC[C@H]([C@H]2F)N3C(=O)OC(C)(C)C)nn1. The number of hydrogen-bond acceptors (Lipinski definition) is 9. The molecule has 1 amide bonds. The Morgan fingerprint density at radius 2 is 2.00 bits per heavy atom. The monoisotopic (exact) mass is 570 g/mol. The molecule has 1 aromatic carbocycles. The number of benzene rings is 1. The first kappa shape index (κ1) is 28.2. The highest BCUT2D eigenvalue weighted by molar-refractivity contribution is 7.15. The smallest absolute Gasteiger partial charge is 0.410 e. The van der Waals surface area contributed by atoms with Crippen LogP contribution in [0, 0.1) is 6.92 Å². The van der Waals surface area contributed by atoms with E-state index in [1.807, 2.05) is 52.1 Å². The number of methoxy groups -OCH3 is 1. The van der Waals surface area contributed by atoms with Gasteiger partial charge in [0.25, 0.3) is 0 Å². The molecule has 2 fully saturated rings. The molecular weight excluding hydrogens is 535 g/mol. The van der Waals surface area contributed by atoms with Crippen molar-refractivity contribution in [2.45, 2.75) is 83.3 Å². The van der Waals surface area contributed by atoms with Crippen molar-refractivity contribution in [3.63, 3.8) is 0 Å². The lowest BCUT2D eigenvalue weighted by Gasteiger charge is -2.49. The highest BCUT2D eigenvalue weighted by atomic mass is 32.1. The number of carbonyl (C=O) groups is 1. The molecule has 0 aliphatic carbocycles. The van der Waals surface area contributed by atoms with Gasteiger partial charge >= 0.3 is 6.09 Å².